The van der Waals surface area contributed by atoms with Crippen LogP contribution in [0.5, 0.6) is 0 Å². The van der Waals surface area contributed by atoms with Crippen LogP contribution in [0, 0.1) is 0 Å². The molecule has 0 spiro atoms. The molecule has 0 unspecified atom stereocenters. The number of hydrogen-bond acceptors (Lipinski definition) is 3. The van der Waals surface area contributed by atoms with E-state index in [4.69, 9.17) is 0 Å². The van der Waals surface area contributed by atoms with Gasteiger partial charge in [-0.15, -0.1) is 0 Å². The van der Waals surface area contributed by atoms with E-state index in [2.05, 4.69) is 31.0 Å². The molecule has 5 nitrogen and oxygen atoms in total. The summed E-state index contributed by atoms with van der Waals surface area (Å²) in [7, 11) is 0. The number of halogens is 4. The molecule has 3 aromatic rings. The van der Waals surface area contributed by atoms with Crippen LogP contribution < -0.4 is 0 Å². The van der Waals surface area contributed by atoms with Crippen molar-refractivity contribution in [1.82, 2.24) is 24.1 Å². The molecule has 0 bridgehead atoms. The zero-order valence-corrected chi connectivity index (χ0v) is 10.7. The van der Waals surface area contributed by atoms with Crippen molar-refractivity contribution in [2.45, 2.75) is 6.18 Å². The van der Waals surface area contributed by atoms with Crippen molar-refractivity contribution in [3.63, 3.8) is 0 Å². The predicted octanol–water partition coefficient (Wildman–Crippen LogP) is 2.70. The highest BCUT2D eigenvalue weighted by Gasteiger charge is 2.33. The number of imidazole rings is 1. The van der Waals surface area contributed by atoms with Crippen molar-refractivity contribution in [3.05, 3.63) is 41.2 Å². The SMILES string of the molecule is FC(F)(F)c1ccn(-c2nc(Br)cn3ccnc23)n1. The Bertz CT molecular complexity index is 745. The molecule has 98 valence electrons. The summed E-state index contributed by atoms with van der Waals surface area (Å²) in [5.74, 6) is 0.217. The van der Waals surface area contributed by atoms with Crippen LogP contribution in [0.15, 0.2) is 35.5 Å². The van der Waals surface area contributed by atoms with Gasteiger partial charge in [-0.3, -0.25) is 0 Å². The lowest BCUT2D eigenvalue weighted by atomic mass is 10.4. The van der Waals surface area contributed by atoms with Gasteiger partial charge in [0, 0.05) is 24.8 Å². The minimum absolute atomic E-state index is 0.217. The van der Waals surface area contributed by atoms with Gasteiger partial charge in [-0.25, -0.2) is 14.6 Å². The Morgan fingerprint density at radius 1 is 1.21 bits per heavy atom. The quantitative estimate of drug-likeness (QED) is 0.688. The second kappa shape index (κ2) is 4.05. The Morgan fingerprint density at radius 3 is 2.68 bits per heavy atom. The Kier molecular flexibility index (Phi) is 2.59. The fourth-order valence-corrected chi connectivity index (χ4v) is 2.02. The van der Waals surface area contributed by atoms with Crippen molar-refractivity contribution >= 4 is 21.6 Å². The lowest BCUT2D eigenvalue weighted by Crippen LogP contribution is -2.08. The molecule has 0 aliphatic rings. The summed E-state index contributed by atoms with van der Waals surface area (Å²) < 4.78 is 40.7. The summed E-state index contributed by atoms with van der Waals surface area (Å²) in [6.45, 7) is 0. The van der Waals surface area contributed by atoms with Crippen molar-refractivity contribution in [2.24, 2.45) is 0 Å². The van der Waals surface area contributed by atoms with E-state index in [0.717, 1.165) is 10.7 Å². The van der Waals surface area contributed by atoms with Gasteiger partial charge >= 0.3 is 6.18 Å². The number of nitrogens with zero attached hydrogens (tertiary/aromatic N) is 5. The Balaban J connectivity index is 2.19. The first-order valence-corrected chi connectivity index (χ1v) is 5.87. The van der Waals surface area contributed by atoms with E-state index in [0.29, 0.717) is 10.3 Å². The number of aromatic nitrogens is 5. The molecule has 9 heteroatoms. The van der Waals surface area contributed by atoms with Gasteiger partial charge < -0.3 is 4.40 Å². The zero-order valence-electron chi connectivity index (χ0n) is 9.13. The van der Waals surface area contributed by atoms with E-state index in [9.17, 15) is 13.2 Å². The normalized spacial score (nSPS) is 12.2. The summed E-state index contributed by atoms with van der Waals surface area (Å²) in [5.41, 5.74) is -0.556. The summed E-state index contributed by atoms with van der Waals surface area (Å²) >= 11 is 3.19. The molecule has 3 heterocycles. The smallest absolute Gasteiger partial charge is 0.301 e. The van der Waals surface area contributed by atoms with E-state index in [1.54, 1.807) is 16.8 Å². The average Bonchev–Trinajstić information content (AvgIpc) is 2.94. The van der Waals surface area contributed by atoms with E-state index < -0.39 is 11.9 Å². The molecule has 0 aliphatic carbocycles. The van der Waals surface area contributed by atoms with Gasteiger partial charge in [0.25, 0.3) is 0 Å². The average molecular weight is 332 g/mol. The first-order valence-electron chi connectivity index (χ1n) is 5.07. The second-order valence-corrected chi connectivity index (χ2v) is 4.50. The van der Waals surface area contributed by atoms with Crippen LogP contribution in [-0.2, 0) is 6.18 Å². The number of hydrogen-bond donors (Lipinski definition) is 0. The third-order valence-corrected chi connectivity index (χ3v) is 2.81. The molecule has 0 atom stereocenters. The topological polar surface area (TPSA) is 48.0 Å². The largest absolute Gasteiger partial charge is 0.435 e. The first-order chi connectivity index (χ1) is 8.95. The highest BCUT2D eigenvalue weighted by Crippen LogP contribution is 2.28. The van der Waals surface area contributed by atoms with Crippen molar-refractivity contribution < 1.29 is 13.2 Å². The third-order valence-electron chi connectivity index (χ3n) is 2.42. The van der Waals surface area contributed by atoms with Crippen LogP contribution in [0.4, 0.5) is 13.2 Å². The standard InChI is InChI=1S/C10H5BrF3N5/c11-7-5-18-4-2-15-8(18)9(16-7)19-3-1-6(17-19)10(12,13)14/h1-5H. The summed E-state index contributed by atoms with van der Waals surface area (Å²) in [6, 6.07) is 0.891. The van der Waals surface area contributed by atoms with Gasteiger partial charge in [0.15, 0.2) is 17.2 Å². The minimum atomic E-state index is -4.48. The Hall–Kier alpha value is -1.90. The molecular formula is C10H5BrF3N5. The monoisotopic (exact) mass is 331 g/mol. The zero-order chi connectivity index (χ0) is 13.6. The molecule has 3 aromatic heterocycles. The van der Waals surface area contributed by atoms with Crippen molar-refractivity contribution in [1.29, 1.82) is 0 Å². The molecule has 19 heavy (non-hydrogen) atoms. The Morgan fingerprint density at radius 2 is 2.00 bits per heavy atom. The maximum Gasteiger partial charge on any atom is 0.435 e. The van der Waals surface area contributed by atoms with Crippen LogP contribution in [0.25, 0.3) is 11.5 Å². The van der Waals surface area contributed by atoms with E-state index in [1.807, 2.05) is 0 Å². The molecule has 0 amide bonds. The lowest BCUT2D eigenvalue weighted by Gasteiger charge is -2.04. The predicted molar refractivity (Wildman–Crippen MR) is 62.8 cm³/mol. The molecule has 0 saturated carbocycles. The van der Waals surface area contributed by atoms with Gasteiger partial charge in [-0.05, 0) is 22.0 Å². The fraction of sp³-hybridized carbons (Fsp3) is 0.100. The maximum atomic E-state index is 12.5. The van der Waals surface area contributed by atoms with Gasteiger partial charge in [-0.2, -0.15) is 18.3 Å². The molecule has 0 aromatic carbocycles. The van der Waals surface area contributed by atoms with Gasteiger partial charge in [0.1, 0.15) is 4.60 Å². The van der Waals surface area contributed by atoms with Crippen LogP contribution in [-0.4, -0.2) is 24.1 Å². The second-order valence-electron chi connectivity index (χ2n) is 3.69. The fourth-order valence-electron chi connectivity index (χ4n) is 1.63. The molecule has 0 fully saturated rings. The first kappa shape index (κ1) is 12.2. The van der Waals surface area contributed by atoms with Gasteiger partial charge in [0.05, 0.1) is 0 Å². The minimum Gasteiger partial charge on any atom is -0.301 e. The third kappa shape index (κ3) is 2.09. The molecule has 0 saturated heterocycles. The maximum absolute atomic E-state index is 12.5. The highest BCUT2D eigenvalue weighted by atomic mass is 79.9. The van der Waals surface area contributed by atoms with Crippen LogP contribution in [0.2, 0.25) is 0 Å². The van der Waals surface area contributed by atoms with Crippen molar-refractivity contribution in [2.75, 3.05) is 0 Å². The summed E-state index contributed by atoms with van der Waals surface area (Å²) in [5, 5.41) is 3.48. The van der Waals surface area contributed by atoms with Crippen molar-refractivity contribution in [3.8, 4) is 5.82 Å². The van der Waals surface area contributed by atoms with E-state index >= 15 is 0 Å². The summed E-state index contributed by atoms with van der Waals surface area (Å²) in [4.78, 5) is 8.15. The molecule has 0 radical (unpaired) electrons. The number of alkyl halides is 3. The number of rotatable bonds is 1. The molecular weight excluding hydrogens is 327 g/mol. The lowest BCUT2D eigenvalue weighted by molar-refractivity contribution is -0.141. The molecule has 0 aliphatic heterocycles. The van der Waals surface area contributed by atoms with Crippen LogP contribution >= 0.6 is 15.9 Å². The number of fused-ring (bicyclic) bond motifs is 1. The summed E-state index contributed by atoms with van der Waals surface area (Å²) in [6.07, 6.45) is 1.57. The molecule has 3 rings (SSSR count). The van der Waals surface area contributed by atoms with Gasteiger partial charge in [0.2, 0.25) is 0 Å². The molecule has 0 N–H and O–H groups in total. The van der Waals surface area contributed by atoms with E-state index in [1.165, 1.54) is 12.4 Å². The Labute approximate surface area is 112 Å². The highest BCUT2D eigenvalue weighted by molar-refractivity contribution is 9.10. The van der Waals surface area contributed by atoms with Crippen LogP contribution in [0.1, 0.15) is 5.69 Å². The van der Waals surface area contributed by atoms with Crippen LogP contribution in [0.3, 0.4) is 0 Å². The van der Waals surface area contributed by atoms with Gasteiger partial charge in [-0.1, -0.05) is 0 Å². The van der Waals surface area contributed by atoms with E-state index in [-0.39, 0.29) is 5.82 Å².